The normalized spacial score (nSPS) is 10.7. The quantitative estimate of drug-likeness (QED) is 0.778. The Balaban J connectivity index is 3.41. The highest BCUT2D eigenvalue weighted by Gasteiger charge is 2.21. The van der Waals surface area contributed by atoms with E-state index in [1.54, 1.807) is 0 Å². The molecule has 0 aliphatic rings. The van der Waals surface area contributed by atoms with Crippen LogP contribution in [0.5, 0.6) is 0 Å². The van der Waals surface area contributed by atoms with E-state index in [9.17, 15) is 13.6 Å². The lowest BCUT2D eigenvalue weighted by Crippen LogP contribution is -2.00. The van der Waals surface area contributed by atoms with Gasteiger partial charge in [0.1, 0.15) is 5.69 Å². The van der Waals surface area contributed by atoms with Crippen LogP contribution in [0.1, 0.15) is 22.5 Å². The summed E-state index contributed by atoms with van der Waals surface area (Å²) >= 11 is 13.4. The van der Waals surface area contributed by atoms with Gasteiger partial charge in [0.2, 0.25) is 0 Å². The van der Waals surface area contributed by atoms with E-state index in [4.69, 9.17) is 23.2 Å². The van der Waals surface area contributed by atoms with Gasteiger partial charge in [-0.1, -0.05) is 11.6 Å². The first-order chi connectivity index (χ1) is 6.45. The van der Waals surface area contributed by atoms with Crippen molar-refractivity contribution in [2.24, 2.45) is 0 Å². The molecule has 7 heteroatoms. The molecule has 0 bridgehead atoms. The van der Waals surface area contributed by atoms with E-state index in [2.05, 4.69) is 20.9 Å². The molecule has 0 amide bonds. The fourth-order valence-electron chi connectivity index (χ4n) is 0.817. The number of nitrogens with zero attached hydrogens (tertiary/aromatic N) is 1. The largest absolute Gasteiger partial charge is 0.274 e. The van der Waals surface area contributed by atoms with Crippen molar-refractivity contribution in [3.8, 4) is 0 Å². The number of hydrogen-bond donors (Lipinski definition) is 0. The van der Waals surface area contributed by atoms with E-state index < -0.39 is 17.2 Å². The number of alkyl halides is 2. The van der Waals surface area contributed by atoms with E-state index in [0.29, 0.717) is 0 Å². The first-order valence-corrected chi connectivity index (χ1v) is 4.82. The minimum atomic E-state index is -2.80. The van der Waals surface area contributed by atoms with Crippen LogP contribution in [0.4, 0.5) is 8.78 Å². The van der Waals surface area contributed by atoms with Crippen LogP contribution in [0.25, 0.3) is 0 Å². The molecule has 0 radical (unpaired) electrons. The summed E-state index contributed by atoms with van der Waals surface area (Å²) in [5.74, 6) is 0. The van der Waals surface area contributed by atoms with Crippen molar-refractivity contribution in [2.75, 3.05) is 0 Å². The molecule has 0 atom stereocenters. The van der Waals surface area contributed by atoms with Crippen LogP contribution in [-0.4, -0.2) is 10.2 Å². The van der Waals surface area contributed by atoms with Crippen molar-refractivity contribution >= 4 is 44.4 Å². The topological polar surface area (TPSA) is 30.0 Å². The minimum Gasteiger partial charge on any atom is -0.274 e. The van der Waals surface area contributed by atoms with Gasteiger partial charge in [-0.3, -0.25) is 4.79 Å². The standard InChI is InChI=1S/C7H2BrCl2F2NO/c8-4-3(7(11)12)2(9)1-13-5(4)6(10)14/h1,7H. The second-order valence-corrected chi connectivity index (χ2v) is 3.80. The predicted octanol–water partition coefficient (Wildman–Crippen LogP) is 3.81. The molecule has 0 spiro atoms. The molecular formula is C7H2BrCl2F2NO. The lowest BCUT2D eigenvalue weighted by atomic mass is 10.2. The van der Waals surface area contributed by atoms with Crippen molar-refractivity contribution in [3.05, 3.63) is 26.9 Å². The predicted molar refractivity (Wildman–Crippen MR) is 52.1 cm³/mol. The number of carbonyl (C=O) groups is 1. The number of halogens is 5. The molecule has 1 aromatic heterocycles. The van der Waals surface area contributed by atoms with Gasteiger partial charge in [0.15, 0.2) is 0 Å². The highest BCUT2D eigenvalue weighted by molar-refractivity contribution is 9.10. The minimum absolute atomic E-state index is 0.167. The molecule has 0 fully saturated rings. The Bertz CT molecular complexity index is 386. The number of rotatable bonds is 2. The average molecular weight is 305 g/mol. The Morgan fingerprint density at radius 2 is 2.14 bits per heavy atom. The van der Waals surface area contributed by atoms with Crippen LogP contribution in [0.3, 0.4) is 0 Å². The fourth-order valence-corrected chi connectivity index (χ4v) is 2.08. The lowest BCUT2D eigenvalue weighted by molar-refractivity contribution is 0.107. The van der Waals surface area contributed by atoms with Crippen LogP contribution < -0.4 is 0 Å². The van der Waals surface area contributed by atoms with Crippen LogP contribution in [0, 0.1) is 0 Å². The van der Waals surface area contributed by atoms with E-state index >= 15 is 0 Å². The first kappa shape index (κ1) is 11.8. The van der Waals surface area contributed by atoms with Gasteiger partial charge in [0.25, 0.3) is 11.7 Å². The second-order valence-electron chi connectivity index (χ2n) is 2.26. The third kappa shape index (κ3) is 2.21. The molecule has 1 heterocycles. The van der Waals surface area contributed by atoms with Gasteiger partial charge in [0, 0.05) is 6.20 Å². The van der Waals surface area contributed by atoms with Crippen LogP contribution in [0.15, 0.2) is 10.7 Å². The molecule has 0 saturated carbocycles. The van der Waals surface area contributed by atoms with Gasteiger partial charge in [-0.2, -0.15) is 0 Å². The zero-order valence-electron chi connectivity index (χ0n) is 6.40. The maximum Gasteiger partial charge on any atom is 0.272 e. The third-order valence-corrected chi connectivity index (χ3v) is 2.70. The van der Waals surface area contributed by atoms with E-state index in [1.165, 1.54) is 0 Å². The summed E-state index contributed by atoms with van der Waals surface area (Å²) in [6, 6.07) is 0. The second kappa shape index (κ2) is 4.51. The maximum absolute atomic E-state index is 12.4. The molecule has 0 aliphatic carbocycles. The van der Waals surface area contributed by atoms with Gasteiger partial charge in [0.05, 0.1) is 15.1 Å². The Labute approximate surface area is 96.3 Å². The van der Waals surface area contributed by atoms with Crippen molar-refractivity contribution in [3.63, 3.8) is 0 Å². The summed E-state index contributed by atoms with van der Waals surface area (Å²) in [5, 5.41) is -1.14. The summed E-state index contributed by atoms with van der Waals surface area (Å²) in [5.41, 5.74) is -0.753. The monoisotopic (exact) mass is 303 g/mol. The zero-order chi connectivity index (χ0) is 10.9. The summed E-state index contributed by atoms with van der Waals surface area (Å²) < 4.78 is 24.7. The molecule has 0 saturated heterocycles. The fraction of sp³-hybridized carbons (Fsp3) is 0.143. The molecule has 0 N–H and O–H groups in total. The van der Waals surface area contributed by atoms with Gasteiger partial charge in [-0.25, -0.2) is 13.8 Å². The Morgan fingerprint density at radius 1 is 1.57 bits per heavy atom. The summed E-state index contributed by atoms with van der Waals surface area (Å²) in [7, 11) is 0. The lowest BCUT2D eigenvalue weighted by Gasteiger charge is -2.07. The van der Waals surface area contributed by atoms with Gasteiger partial charge in [-0.05, 0) is 27.5 Å². The van der Waals surface area contributed by atoms with Crippen LogP contribution >= 0.6 is 39.1 Å². The SMILES string of the molecule is O=C(Cl)c1ncc(Cl)c(C(F)F)c1Br. The summed E-state index contributed by atoms with van der Waals surface area (Å²) in [6.45, 7) is 0. The highest BCUT2D eigenvalue weighted by Crippen LogP contribution is 2.35. The van der Waals surface area contributed by atoms with Crippen LogP contribution in [-0.2, 0) is 0 Å². The molecule has 1 rings (SSSR count). The Kier molecular flexibility index (Phi) is 3.80. The average Bonchev–Trinajstić information content (AvgIpc) is 2.02. The number of aromatic nitrogens is 1. The third-order valence-electron chi connectivity index (χ3n) is 1.41. The van der Waals surface area contributed by atoms with E-state index in [0.717, 1.165) is 6.20 Å². The maximum atomic E-state index is 12.4. The molecule has 0 unspecified atom stereocenters. The summed E-state index contributed by atoms with van der Waals surface area (Å²) in [4.78, 5) is 14.3. The number of carbonyl (C=O) groups excluding carboxylic acids is 1. The van der Waals surface area contributed by atoms with Crippen molar-refractivity contribution in [1.29, 1.82) is 0 Å². The molecule has 2 nitrogen and oxygen atoms in total. The Morgan fingerprint density at radius 3 is 2.57 bits per heavy atom. The molecular weight excluding hydrogens is 303 g/mol. The Hall–Kier alpha value is -0.260. The zero-order valence-corrected chi connectivity index (χ0v) is 9.50. The molecule has 76 valence electrons. The van der Waals surface area contributed by atoms with Crippen LogP contribution in [0.2, 0.25) is 5.02 Å². The molecule has 14 heavy (non-hydrogen) atoms. The van der Waals surface area contributed by atoms with Gasteiger partial charge in [-0.15, -0.1) is 0 Å². The number of pyridine rings is 1. The molecule has 1 aromatic rings. The van der Waals surface area contributed by atoms with Crippen molar-refractivity contribution in [2.45, 2.75) is 6.43 Å². The highest BCUT2D eigenvalue weighted by atomic mass is 79.9. The summed E-state index contributed by atoms with van der Waals surface area (Å²) in [6.07, 6.45) is -1.83. The van der Waals surface area contributed by atoms with Gasteiger partial charge < -0.3 is 0 Å². The van der Waals surface area contributed by atoms with E-state index in [-0.39, 0.29) is 15.2 Å². The van der Waals surface area contributed by atoms with Crippen molar-refractivity contribution < 1.29 is 13.6 Å². The van der Waals surface area contributed by atoms with Gasteiger partial charge >= 0.3 is 0 Å². The molecule has 0 aromatic carbocycles. The molecule has 0 aliphatic heterocycles. The van der Waals surface area contributed by atoms with Crippen molar-refractivity contribution in [1.82, 2.24) is 4.98 Å². The first-order valence-electron chi connectivity index (χ1n) is 3.27. The number of hydrogen-bond acceptors (Lipinski definition) is 2. The van der Waals surface area contributed by atoms with E-state index in [1.807, 2.05) is 0 Å². The smallest absolute Gasteiger partial charge is 0.272 e.